The fraction of sp³-hybridized carbons (Fsp3) is 0.136. The lowest BCUT2D eigenvalue weighted by atomic mass is 10.00. The number of nitrogens with zero attached hydrogens (tertiary/aromatic N) is 4. The Hall–Kier alpha value is -3.63. The van der Waals surface area contributed by atoms with Crippen LogP contribution in [0, 0.1) is 11.3 Å². The van der Waals surface area contributed by atoms with Crippen LogP contribution in [0.25, 0.3) is 16.0 Å². The second kappa shape index (κ2) is 6.76. The van der Waals surface area contributed by atoms with Crippen molar-refractivity contribution in [3.05, 3.63) is 75.4 Å². The van der Waals surface area contributed by atoms with Gasteiger partial charge in [0.2, 0.25) is 0 Å². The van der Waals surface area contributed by atoms with E-state index < -0.39 is 5.56 Å². The molecule has 29 heavy (non-hydrogen) atoms. The van der Waals surface area contributed by atoms with Crippen LogP contribution in [0.15, 0.2) is 58.7 Å². The third-order valence-electron chi connectivity index (χ3n) is 5.25. The topological polar surface area (TPSA) is 87.9 Å². The Morgan fingerprint density at radius 3 is 2.76 bits per heavy atom. The Balaban J connectivity index is 1.76. The van der Waals surface area contributed by atoms with E-state index in [9.17, 15) is 10.1 Å². The summed E-state index contributed by atoms with van der Waals surface area (Å²) < 4.78 is 1.52. The lowest BCUT2D eigenvalue weighted by Crippen LogP contribution is -2.26. The Kier molecular flexibility index (Phi) is 4.07. The Morgan fingerprint density at radius 2 is 1.97 bits per heavy atom. The highest BCUT2D eigenvalue weighted by atomic mass is 32.1. The number of fused-ring (bicyclic) bond motifs is 2. The number of aryl methyl sites for hydroxylation is 1. The summed E-state index contributed by atoms with van der Waals surface area (Å²) in [4.78, 5) is 20.0. The quantitative estimate of drug-likeness (QED) is 0.551. The molecule has 0 radical (unpaired) electrons. The molecule has 0 aliphatic carbocycles. The molecule has 3 heterocycles. The second-order valence-corrected chi connectivity index (χ2v) is 7.81. The number of benzene rings is 2. The van der Waals surface area contributed by atoms with Crippen LogP contribution in [0.5, 0.6) is 0 Å². The number of nitriles is 1. The number of aromatic nitrogens is 2. The molecule has 0 bridgehead atoms. The SMILES string of the molecule is N#Cc1csc2nc(N)c(=O)n(-c3ccc4c(c3)N(c3ccccc3)CCC4)c12. The molecule has 0 unspecified atom stereocenters. The summed E-state index contributed by atoms with van der Waals surface area (Å²) in [7, 11) is 0. The first-order valence-electron chi connectivity index (χ1n) is 9.33. The van der Waals surface area contributed by atoms with Gasteiger partial charge in [-0.05, 0) is 42.7 Å². The Labute approximate surface area is 171 Å². The molecule has 1 aliphatic rings. The first-order valence-corrected chi connectivity index (χ1v) is 10.2. The van der Waals surface area contributed by atoms with E-state index in [1.807, 2.05) is 30.3 Å². The van der Waals surface area contributed by atoms with E-state index in [-0.39, 0.29) is 5.82 Å². The van der Waals surface area contributed by atoms with Gasteiger partial charge in [-0.1, -0.05) is 24.3 Å². The molecule has 2 N–H and O–H groups in total. The molecule has 0 spiro atoms. The number of thiophene rings is 1. The zero-order valence-electron chi connectivity index (χ0n) is 15.5. The molecule has 5 rings (SSSR count). The van der Waals surface area contributed by atoms with Gasteiger partial charge in [0, 0.05) is 23.3 Å². The third kappa shape index (κ3) is 2.77. The maximum absolute atomic E-state index is 12.9. The molecule has 0 fully saturated rings. The monoisotopic (exact) mass is 399 g/mol. The summed E-state index contributed by atoms with van der Waals surface area (Å²) >= 11 is 1.31. The van der Waals surface area contributed by atoms with Crippen molar-refractivity contribution in [3.63, 3.8) is 0 Å². The minimum Gasteiger partial charge on any atom is -0.379 e. The summed E-state index contributed by atoms with van der Waals surface area (Å²) in [6, 6.07) is 18.4. The first kappa shape index (κ1) is 17.5. The van der Waals surface area contributed by atoms with Crippen molar-refractivity contribution < 1.29 is 0 Å². The summed E-state index contributed by atoms with van der Waals surface area (Å²) in [6.45, 7) is 0.908. The van der Waals surface area contributed by atoms with Crippen LogP contribution >= 0.6 is 11.3 Å². The van der Waals surface area contributed by atoms with Crippen LogP contribution in [0.1, 0.15) is 17.5 Å². The second-order valence-electron chi connectivity index (χ2n) is 6.96. The van der Waals surface area contributed by atoms with Crippen LogP contribution < -0.4 is 16.2 Å². The third-order valence-corrected chi connectivity index (χ3v) is 6.11. The minimum absolute atomic E-state index is 0.0681. The summed E-state index contributed by atoms with van der Waals surface area (Å²) in [5.74, 6) is -0.0681. The van der Waals surface area contributed by atoms with Crippen molar-refractivity contribution in [1.29, 1.82) is 5.26 Å². The molecule has 0 atom stereocenters. The molecule has 2 aromatic heterocycles. The standard InChI is InChI=1S/C22H17N5OS/c23-12-15-13-29-21-19(15)27(22(28)20(24)25-21)17-9-8-14-5-4-10-26(18(14)11-17)16-6-2-1-3-7-16/h1-3,6-9,11,13H,4-5,10H2,(H2,24,25). The van der Waals surface area contributed by atoms with Gasteiger partial charge in [-0.15, -0.1) is 11.3 Å². The average Bonchev–Trinajstić information content (AvgIpc) is 3.16. The molecule has 0 amide bonds. The van der Waals surface area contributed by atoms with Crippen molar-refractivity contribution in [2.24, 2.45) is 0 Å². The first-order chi connectivity index (χ1) is 14.2. The van der Waals surface area contributed by atoms with Crippen LogP contribution in [-0.2, 0) is 6.42 Å². The molecule has 6 nitrogen and oxygen atoms in total. The van der Waals surface area contributed by atoms with Gasteiger partial charge in [-0.3, -0.25) is 9.36 Å². The van der Waals surface area contributed by atoms with Gasteiger partial charge in [-0.25, -0.2) is 4.98 Å². The summed E-state index contributed by atoms with van der Waals surface area (Å²) in [5, 5.41) is 11.2. The van der Waals surface area contributed by atoms with Crippen molar-refractivity contribution in [2.45, 2.75) is 12.8 Å². The molecule has 0 saturated carbocycles. The van der Waals surface area contributed by atoms with Crippen LogP contribution in [-0.4, -0.2) is 16.1 Å². The molecule has 142 valence electrons. The molecular formula is C22H17N5OS. The number of hydrogen-bond acceptors (Lipinski definition) is 6. The average molecular weight is 399 g/mol. The molecular weight excluding hydrogens is 382 g/mol. The van der Waals surface area contributed by atoms with Gasteiger partial charge in [-0.2, -0.15) is 5.26 Å². The fourth-order valence-electron chi connectivity index (χ4n) is 3.91. The van der Waals surface area contributed by atoms with E-state index in [0.29, 0.717) is 21.6 Å². The summed E-state index contributed by atoms with van der Waals surface area (Å²) in [5.41, 5.74) is 10.5. The van der Waals surface area contributed by atoms with Crippen molar-refractivity contribution in [2.75, 3.05) is 17.2 Å². The van der Waals surface area contributed by atoms with E-state index in [1.54, 1.807) is 5.38 Å². The predicted octanol–water partition coefficient (Wildman–Crippen LogP) is 3.99. The van der Waals surface area contributed by atoms with E-state index in [0.717, 1.165) is 30.8 Å². The predicted molar refractivity (Wildman–Crippen MR) is 116 cm³/mol. The van der Waals surface area contributed by atoms with E-state index in [2.05, 4.69) is 34.2 Å². The summed E-state index contributed by atoms with van der Waals surface area (Å²) in [6.07, 6.45) is 2.06. The largest absolute Gasteiger partial charge is 0.379 e. The number of hydrogen-bond donors (Lipinski definition) is 1. The molecule has 0 saturated heterocycles. The van der Waals surface area contributed by atoms with Gasteiger partial charge < -0.3 is 10.6 Å². The maximum atomic E-state index is 12.9. The van der Waals surface area contributed by atoms with Crippen molar-refractivity contribution in [1.82, 2.24) is 9.55 Å². The van der Waals surface area contributed by atoms with Crippen LogP contribution in [0.2, 0.25) is 0 Å². The molecule has 2 aromatic carbocycles. The maximum Gasteiger partial charge on any atom is 0.298 e. The normalized spacial score (nSPS) is 13.3. The minimum atomic E-state index is -0.408. The number of anilines is 3. The van der Waals surface area contributed by atoms with Gasteiger partial charge in [0.25, 0.3) is 5.56 Å². The lowest BCUT2D eigenvalue weighted by molar-refractivity contribution is 0.766. The van der Waals surface area contributed by atoms with Gasteiger partial charge in [0.15, 0.2) is 5.82 Å². The molecule has 7 heteroatoms. The molecule has 1 aliphatic heterocycles. The zero-order chi connectivity index (χ0) is 20.0. The van der Waals surface area contributed by atoms with Gasteiger partial charge >= 0.3 is 0 Å². The number of nitrogen functional groups attached to an aromatic ring is 1. The van der Waals surface area contributed by atoms with E-state index in [1.165, 1.54) is 21.5 Å². The highest BCUT2D eigenvalue weighted by Crippen LogP contribution is 2.35. The smallest absolute Gasteiger partial charge is 0.298 e. The number of nitrogens with two attached hydrogens (primary N) is 1. The Morgan fingerprint density at radius 1 is 1.14 bits per heavy atom. The Bertz CT molecular complexity index is 1330. The van der Waals surface area contributed by atoms with Crippen molar-refractivity contribution >= 4 is 38.9 Å². The zero-order valence-corrected chi connectivity index (χ0v) is 16.3. The van der Waals surface area contributed by atoms with E-state index >= 15 is 0 Å². The van der Waals surface area contributed by atoms with Crippen LogP contribution in [0.3, 0.4) is 0 Å². The van der Waals surface area contributed by atoms with Gasteiger partial charge in [0.05, 0.1) is 11.3 Å². The highest BCUT2D eigenvalue weighted by Gasteiger charge is 2.21. The lowest BCUT2D eigenvalue weighted by Gasteiger charge is -2.32. The number of para-hydroxylation sites is 1. The van der Waals surface area contributed by atoms with Gasteiger partial charge in [0.1, 0.15) is 16.4 Å². The highest BCUT2D eigenvalue weighted by molar-refractivity contribution is 7.16. The fourth-order valence-corrected chi connectivity index (χ4v) is 4.77. The van der Waals surface area contributed by atoms with E-state index in [4.69, 9.17) is 5.73 Å². The van der Waals surface area contributed by atoms with Crippen LogP contribution in [0.4, 0.5) is 17.2 Å². The molecule has 4 aromatic rings. The number of rotatable bonds is 2. The van der Waals surface area contributed by atoms with Crippen molar-refractivity contribution in [3.8, 4) is 11.8 Å².